The first kappa shape index (κ1) is 19.1. The normalized spacial score (nSPS) is 10.7. The van der Waals surface area contributed by atoms with Crippen molar-refractivity contribution in [3.63, 3.8) is 0 Å². The van der Waals surface area contributed by atoms with E-state index in [9.17, 15) is 8.76 Å². The maximum Gasteiger partial charge on any atom is 1.00 e. The van der Waals surface area contributed by atoms with Crippen molar-refractivity contribution in [3.05, 3.63) is 51.4 Å². The SMILES string of the molecule is Clc1cc(Br)ccn1.O=S([O-])c1ccnc(Cl)c1.[Li+]. The Bertz CT molecular complexity index is 545. The summed E-state index contributed by atoms with van der Waals surface area (Å²) in [6.45, 7) is 0. The molecule has 2 rings (SSSR count). The number of nitrogens with zero attached hydrogens (tertiary/aromatic N) is 2. The molecule has 0 spiro atoms. The van der Waals surface area contributed by atoms with E-state index in [0.29, 0.717) is 5.15 Å². The molecule has 0 aliphatic heterocycles. The van der Waals surface area contributed by atoms with Gasteiger partial charge in [-0.2, -0.15) is 0 Å². The molecule has 9 heteroatoms. The molecule has 0 N–H and O–H groups in total. The molecule has 4 nitrogen and oxygen atoms in total. The molecule has 1 unspecified atom stereocenters. The maximum absolute atomic E-state index is 10.3. The summed E-state index contributed by atoms with van der Waals surface area (Å²) in [5.74, 6) is 0. The van der Waals surface area contributed by atoms with E-state index < -0.39 is 11.1 Å². The summed E-state index contributed by atoms with van der Waals surface area (Å²) in [6.07, 6.45) is 2.99. The Kier molecular flexibility index (Phi) is 9.93. The van der Waals surface area contributed by atoms with Crippen LogP contribution in [-0.2, 0) is 11.1 Å². The zero-order valence-corrected chi connectivity index (χ0v) is 13.6. The van der Waals surface area contributed by atoms with Crippen molar-refractivity contribution in [2.45, 2.75) is 4.90 Å². The predicted octanol–water partition coefficient (Wildman–Crippen LogP) is 0.474. The number of halogens is 3. The molecule has 1 atom stereocenters. The van der Waals surface area contributed by atoms with Crippen LogP contribution in [0.25, 0.3) is 0 Å². The van der Waals surface area contributed by atoms with Crippen molar-refractivity contribution in [3.8, 4) is 0 Å². The van der Waals surface area contributed by atoms with Crippen LogP contribution in [-0.4, -0.2) is 18.7 Å². The van der Waals surface area contributed by atoms with Gasteiger partial charge in [-0.25, -0.2) is 9.97 Å². The Morgan fingerprint density at radius 3 is 1.95 bits per heavy atom. The van der Waals surface area contributed by atoms with Crippen LogP contribution in [0.4, 0.5) is 0 Å². The Morgan fingerprint density at radius 2 is 1.63 bits per heavy atom. The monoisotopic (exact) mass is 374 g/mol. The van der Waals surface area contributed by atoms with Crippen molar-refractivity contribution in [2.75, 3.05) is 0 Å². The summed E-state index contributed by atoms with van der Waals surface area (Å²) in [5.41, 5.74) is 0. The van der Waals surface area contributed by atoms with Gasteiger partial charge in [-0.05, 0) is 35.3 Å². The van der Waals surface area contributed by atoms with Gasteiger partial charge >= 0.3 is 18.9 Å². The summed E-state index contributed by atoms with van der Waals surface area (Å²) in [5, 5.41) is 0.695. The van der Waals surface area contributed by atoms with Gasteiger partial charge in [0.25, 0.3) is 0 Å². The number of rotatable bonds is 1. The van der Waals surface area contributed by atoms with Crippen LogP contribution < -0.4 is 18.9 Å². The second-order valence-electron chi connectivity index (χ2n) is 2.85. The second kappa shape index (κ2) is 9.89. The predicted molar refractivity (Wildman–Crippen MR) is 73.4 cm³/mol. The Morgan fingerprint density at radius 1 is 1.11 bits per heavy atom. The second-order valence-corrected chi connectivity index (χ2v) is 5.48. The van der Waals surface area contributed by atoms with Crippen LogP contribution in [0.5, 0.6) is 0 Å². The molecule has 0 aliphatic rings. The molecule has 2 aromatic heterocycles. The van der Waals surface area contributed by atoms with Crippen LogP contribution >= 0.6 is 39.1 Å². The van der Waals surface area contributed by atoms with Gasteiger partial charge in [-0.1, -0.05) is 39.1 Å². The molecule has 0 bridgehead atoms. The summed E-state index contributed by atoms with van der Waals surface area (Å²) < 4.78 is 21.5. The number of hydrogen-bond acceptors (Lipinski definition) is 4. The fraction of sp³-hybridized carbons (Fsp3) is 0. The van der Waals surface area contributed by atoms with Crippen molar-refractivity contribution in [2.24, 2.45) is 0 Å². The van der Waals surface area contributed by atoms with Crippen molar-refractivity contribution >= 4 is 50.2 Å². The maximum atomic E-state index is 10.3. The molecule has 2 aromatic rings. The quantitative estimate of drug-likeness (QED) is 0.413. The molecule has 0 amide bonds. The first-order valence-electron chi connectivity index (χ1n) is 4.47. The molecule has 96 valence electrons. The Hall–Kier alpha value is 0.0674. The topological polar surface area (TPSA) is 65.9 Å². The van der Waals surface area contributed by atoms with E-state index in [4.69, 9.17) is 23.2 Å². The third-order valence-corrected chi connectivity index (χ3v) is 3.12. The Balaban J connectivity index is 0.000000331. The molecule has 0 radical (unpaired) electrons. The van der Waals surface area contributed by atoms with Crippen molar-refractivity contribution in [1.82, 2.24) is 9.97 Å². The summed E-state index contributed by atoms with van der Waals surface area (Å²) in [4.78, 5) is 7.54. The van der Waals surface area contributed by atoms with Gasteiger partial charge in [0.1, 0.15) is 10.3 Å². The van der Waals surface area contributed by atoms with E-state index in [1.54, 1.807) is 12.3 Å². The fourth-order valence-corrected chi connectivity index (χ4v) is 2.13. The minimum absolute atomic E-state index is 0. The largest absolute Gasteiger partial charge is 1.00 e. The summed E-state index contributed by atoms with van der Waals surface area (Å²) in [6, 6.07) is 6.22. The van der Waals surface area contributed by atoms with Crippen LogP contribution in [0.1, 0.15) is 0 Å². The average molecular weight is 376 g/mol. The molecule has 0 saturated heterocycles. The zero-order valence-electron chi connectivity index (χ0n) is 9.72. The minimum Gasteiger partial charge on any atom is -0.768 e. The summed E-state index contributed by atoms with van der Waals surface area (Å²) in [7, 11) is 0. The first-order chi connectivity index (χ1) is 8.49. The first-order valence-corrected chi connectivity index (χ1v) is 7.09. The molecule has 0 saturated carbocycles. The van der Waals surface area contributed by atoms with Gasteiger partial charge in [0.2, 0.25) is 0 Å². The molecular formula is C10H6BrCl2LiN2O2S. The minimum atomic E-state index is -2.21. The van der Waals surface area contributed by atoms with Crippen LogP contribution in [0.3, 0.4) is 0 Å². The van der Waals surface area contributed by atoms with Gasteiger partial charge in [0.15, 0.2) is 0 Å². The van der Waals surface area contributed by atoms with E-state index in [2.05, 4.69) is 25.9 Å². The van der Waals surface area contributed by atoms with Crippen LogP contribution in [0, 0.1) is 0 Å². The number of pyridine rings is 2. The number of hydrogen-bond donors (Lipinski definition) is 0. The number of aromatic nitrogens is 2. The molecule has 0 fully saturated rings. The van der Waals surface area contributed by atoms with Crippen LogP contribution in [0.2, 0.25) is 10.3 Å². The van der Waals surface area contributed by atoms with E-state index in [0.717, 1.165) is 4.47 Å². The summed E-state index contributed by atoms with van der Waals surface area (Å²) >= 11 is 11.9. The molecule has 0 aliphatic carbocycles. The van der Waals surface area contributed by atoms with E-state index in [1.807, 2.05) is 6.07 Å². The standard InChI is InChI=1S/C5H3BrClN.C5H4ClNO2S.Li/c6-4-1-2-8-5(7)3-4;6-5-3-4(10(8)9)1-2-7-5;/h1-3H;1-3H,(H,8,9);/q;;+1/p-1. The Labute approximate surface area is 143 Å². The van der Waals surface area contributed by atoms with Gasteiger partial charge in [-0.15, -0.1) is 0 Å². The fourth-order valence-electron chi connectivity index (χ4n) is 0.867. The van der Waals surface area contributed by atoms with Crippen molar-refractivity contribution in [1.29, 1.82) is 0 Å². The molecule has 0 aromatic carbocycles. The zero-order chi connectivity index (χ0) is 13.5. The molecule has 19 heavy (non-hydrogen) atoms. The molecular weight excluding hydrogens is 370 g/mol. The van der Waals surface area contributed by atoms with Gasteiger partial charge < -0.3 is 4.55 Å². The van der Waals surface area contributed by atoms with Gasteiger partial charge in [0, 0.05) is 21.8 Å². The average Bonchev–Trinajstić information content (AvgIpc) is 2.29. The van der Waals surface area contributed by atoms with Crippen LogP contribution in [0.15, 0.2) is 46.0 Å². The van der Waals surface area contributed by atoms with Gasteiger partial charge in [0.05, 0.1) is 0 Å². The van der Waals surface area contributed by atoms with E-state index in [1.165, 1.54) is 18.3 Å². The third kappa shape index (κ3) is 8.05. The van der Waals surface area contributed by atoms with Crippen molar-refractivity contribution < 1.29 is 27.6 Å². The smallest absolute Gasteiger partial charge is 0.768 e. The van der Waals surface area contributed by atoms with Gasteiger partial charge in [-0.3, -0.25) is 4.21 Å². The van der Waals surface area contributed by atoms with E-state index in [-0.39, 0.29) is 28.9 Å². The van der Waals surface area contributed by atoms with E-state index >= 15 is 0 Å². The third-order valence-electron chi connectivity index (χ3n) is 1.58. The molecule has 2 heterocycles.